The van der Waals surface area contributed by atoms with Crippen molar-refractivity contribution in [1.82, 2.24) is 15.2 Å². The Morgan fingerprint density at radius 3 is 2.37 bits per heavy atom. The van der Waals surface area contributed by atoms with E-state index in [1.807, 2.05) is 70.6 Å². The van der Waals surface area contributed by atoms with E-state index < -0.39 is 6.09 Å². The third-order valence-corrected chi connectivity index (χ3v) is 7.90. The summed E-state index contributed by atoms with van der Waals surface area (Å²) in [6.45, 7) is 3.59. The zero-order valence-corrected chi connectivity index (χ0v) is 24.1. The van der Waals surface area contributed by atoms with Crippen LogP contribution in [0.5, 0.6) is 0 Å². The van der Waals surface area contributed by atoms with Crippen LogP contribution in [0.4, 0.5) is 10.5 Å². The van der Waals surface area contributed by atoms with Crippen molar-refractivity contribution < 1.29 is 24.5 Å². The fraction of sp³-hybridized carbons (Fsp3) is 0.387. The highest BCUT2D eigenvalue weighted by molar-refractivity contribution is 7.14. The number of thiophene rings is 1. The molecule has 1 fully saturated rings. The number of nitrogens with one attached hydrogen (secondary N) is 1. The number of aliphatic hydroxyl groups is 2. The second-order valence-corrected chi connectivity index (χ2v) is 10.9. The number of ketones is 1. The van der Waals surface area contributed by atoms with E-state index >= 15 is 0 Å². The molecule has 1 amide bonds. The molecule has 219 valence electrons. The number of nitrogens with zero attached hydrogens (tertiary/aromatic N) is 3. The van der Waals surface area contributed by atoms with E-state index in [0.29, 0.717) is 31.1 Å². The number of benzene rings is 2. The molecule has 0 unspecified atom stereocenters. The lowest BCUT2D eigenvalue weighted by atomic mass is 10.0. The van der Waals surface area contributed by atoms with Crippen molar-refractivity contribution in [3.63, 3.8) is 0 Å². The monoisotopic (exact) mass is 579 g/mol. The lowest BCUT2D eigenvalue weighted by molar-refractivity contribution is 0.0990. The Hall–Kier alpha value is -3.12. The van der Waals surface area contributed by atoms with Gasteiger partial charge in [0.15, 0.2) is 5.78 Å². The minimum absolute atomic E-state index is 0.0135. The summed E-state index contributed by atoms with van der Waals surface area (Å²) in [7, 11) is 0. The minimum atomic E-state index is -0.443. The van der Waals surface area contributed by atoms with E-state index in [1.165, 1.54) is 11.3 Å². The minimum Gasteiger partial charge on any atom is -0.447 e. The summed E-state index contributed by atoms with van der Waals surface area (Å²) in [5, 5.41) is 25.2. The van der Waals surface area contributed by atoms with Gasteiger partial charge in [-0.2, -0.15) is 0 Å². The van der Waals surface area contributed by atoms with Gasteiger partial charge < -0.3 is 20.3 Å². The molecule has 0 saturated carbocycles. The summed E-state index contributed by atoms with van der Waals surface area (Å²) in [5.74, 6) is -0.0357. The summed E-state index contributed by atoms with van der Waals surface area (Å²) in [6.07, 6.45) is 3.58. The van der Waals surface area contributed by atoms with Crippen molar-refractivity contribution in [3.05, 3.63) is 82.9 Å². The van der Waals surface area contributed by atoms with Crippen LogP contribution in [0, 0.1) is 6.42 Å². The summed E-state index contributed by atoms with van der Waals surface area (Å²) < 4.78 is 5.70. The molecule has 3 N–H and O–H groups in total. The number of carbonyl (C=O) groups excluding carboxylic acids is 2. The highest BCUT2D eigenvalue weighted by atomic mass is 32.1. The fourth-order valence-corrected chi connectivity index (χ4v) is 5.76. The third-order valence-electron chi connectivity index (χ3n) is 6.79. The lowest BCUT2D eigenvalue weighted by Crippen LogP contribution is -2.50. The highest BCUT2D eigenvalue weighted by Gasteiger charge is 2.28. The van der Waals surface area contributed by atoms with Gasteiger partial charge in [-0.1, -0.05) is 48.5 Å². The number of Topliss-reactive ketones (excluding diaryl/α,β-unsaturated/α-hetero) is 1. The van der Waals surface area contributed by atoms with Gasteiger partial charge in [-0.05, 0) is 43.0 Å². The molecule has 2 aromatic carbocycles. The Labute approximate surface area is 245 Å². The Morgan fingerprint density at radius 2 is 1.63 bits per heavy atom. The first kappa shape index (κ1) is 30.8. The first-order chi connectivity index (χ1) is 20.1. The number of hydrogen-bond donors (Lipinski definition) is 3. The zero-order chi connectivity index (χ0) is 28.9. The van der Waals surface area contributed by atoms with Gasteiger partial charge in [0.1, 0.15) is 6.61 Å². The maximum Gasteiger partial charge on any atom is 0.429 e. The quantitative estimate of drug-likeness (QED) is 0.184. The largest absolute Gasteiger partial charge is 0.447 e. The molecule has 1 aliphatic rings. The number of piperidine rings is 1. The van der Waals surface area contributed by atoms with Crippen LogP contribution in [-0.4, -0.2) is 91.1 Å². The van der Waals surface area contributed by atoms with Crippen LogP contribution >= 0.6 is 11.3 Å². The topological polar surface area (TPSA) is 106 Å². The van der Waals surface area contributed by atoms with Gasteiger partial charge in [-0.25, -0.2) is 14.8 Å². The third kappa shape index (κ3) is 8.93. The van der Waals surface area contributed by atoms with Crippen LogP contribution in [-0.2, 0) is 11.3 Å². The van der Waals surface area contributed by atoms with Crippen LogP contribution in [0.2, 0.25) is 0 Å². The molecular weight excluding hydrogens is 540 g/mol. The predicted octanol–water partition coefficient (Wildman–Crippen LogP) is 3.83. The molecule has 0 atom stereocenters. The Kier molecular flexibility index (Phi) is 12.3. The van der Waals surface area contributed by atoms with Crippen molar-refractivity contribution in [2.24, 2.45) is 0 Å². The Morgan fingerprint density at radius 1 is 0.927 bits per heavy atom. The number of para-hydroxylation sites is 1. The van der Waals surface area contributed by atoms with Crippen molar-refractivity contribution in [2.75, 3.05) is 64.1 Å². The number of aliphatic hydroxyl groups excluding tert-OH is 2. The molecule has 0 bridgehead atoms. The van der Waals surface area contributed by atoms with E-state index in [2.05, 4.69) is 11.7 Å². The molecule has 1 aromatic heterocycles. The van der Waals surface area contributed by atoms with Crippen molar-refractivity contribution in [2.45, 2.75) is 19.4 Å². The van der Waals surface area contributed by atoms with Crippen LogP contribution in [0.25, 0.3) is 11.1 Å². The van der Waals surface area contributed by atoms with Crippen molar-refractivity contribution in [3.8, 4) is 11.1 Å². The van der Waals surface area contributed by atoms with E-state index in [-0.39, 0.29) is 32.1 Å². The van der Waals surface area contributed by atoms with Crippen LogP contribution in [0.3, 0.4) is 0 Å². The van der Waals surface area contributed by atoms with Gasteiger partial charge in [-0.15, -0.1) is 11.3 Å². The van der Waals surface area contributed by atoms with Gasteiger partial charge in [0.25, 0.3) is 0 Å². The Balaban J connectivity index is 1.31. The molecule has 2 heterocycles. The fourth-order valence-electron chi connectivity index (χ4n) is 4.77. The molecule has 3 aromatic rings. The number of hydrogen-bond acceptors (Lipinski definition) is 9. The molecule has 1 radical (unpaired) electrons. The van der Waals surface area contributed by atoms with Gasteiger partial charge in [0.05, 0.1) is 30.3 Å². The van der Waals surface area contributed by atoms with Crippen LogP contribution < -0.4 is 10.3 Å². The highest BCUT2D eigenvalue weighted by Crippen LogP contribution is 2.33. The summed E-state index contributed by atoms with van der Waals surface area (Å²) in [4.78, 5) is 29.7. The number of ether oxygens (including phenoxy) is 1. The molecular formula is C31H39N4O5S. The molecule has 0 aliphatic carbocycles. The molecule has 0 spiro atoms. The molecule has 1 aliphatic heterocycles. The Bertz CT molecular complexity index is 1230. The lowest BCUT2D eigenvalue weighted by Gasteiger charge is -2.37. The van der Waals surface area contributed by atoms with Gasteiger partial charge in [0.2, 0.25) is 0 Å². The smallest absolute Gasteiger partial charge is 0.429 e. The van der Waals surface area contributed by atoms with Crippen molar-refractivity contribution in [1.29, 1.82) is 0 Å². The normalized spacial score (nSPS) is 13.8. The molecule has 10 heteroatoms. The second kappa shape index (κ2) is 16.4. The average Bonchev–Trinajstić information content (AvgIpc) is 3.47. The number of carbonyl (C=O) groups is 2. The average molecular weight is 580 g/mol. The van der Waals surface area contributed by atoms with Crippen LogP contribution in [0.1, 0.15) is 27.4 Å². The second-order valence-electron chi connectivity index (χ2n) is 9.72. The first-order valence-electron chi connectivity index (χ1n) is 14.0. The van der Waals surface area contributed by atoms with Gasteiger partial charge >= 0.3 is 6.09 Å². The number of hydrazine groups is 1. The first-order valence-corrected chi connectivity index (χ1v) is 14.9. The van der Waals surface area contributed by atoms with Gasteiger partial charge in [0, 0.05) is 49.7 Å². The maximum atomic E-state index is 13.5. The van der Waals surface area contributed by atoms with Crippen molar-refractivity contribution >= 4 is 28.9 Å². The van der Waals surface area contributed by atoms with E-state index in [4.69, 9.17) is 4.74 Å². The predicted molar refractivity (Wildman–Crippen MR) is 162 cm³/mol. The SMILES string of the molecule is O=C(CNCCOC(=O)N(c1ccccc1-c1ccccc1)N1CC[CH]CC1)c1ccc(CN(CCO)CCO)s1. The molecule has 41 heavy (non-hydrogen) atoms. The van der Waals surface area contributed by atoms with E-state index in [1.54, 1.807) is 11.1 Å². The standard InChI is InChI=1S/C31H39N4O5S/c36-20-18-33(19-21-37)24-26-13-14-30(41-26)29(38)23-32-15-22-40-31(39)35(34-16-7-2-8-17-34)28-12-6-5-11-27(28)25-9-3-1-4-10-25/h1-6,9-14,32,36-37H,7-8,15-24H2. The zero-order valence-electron chi connectivity index (χ0n) is 23.3. The number of amides is 1. The summed E-state index contributed by atoms with van der Waals surface area (Å²) in [5.41, 5.74) is 2.75. The van der Waals surface area contributed by atoms with E-state index in [9.17, 15) is 19.8 Å². The maximum absolute atomic E-state index is 13.5. The number of rotatable bonds is 15. The molecule has 1 saturated heterocycles. The molecule has 4 rings (SSSR count). The van der Waals surface area contributed by atoms with Crippen LogP contribution in [0.15, 0.2) is 66.7 Å². The number of anilines is 1. The molecule has 9 nitrogen and oxygen atoms in total. The summed E-state index contributed by atoms with van der Waals surface area (Å²) in [6, 6.07) is 21.6. The van der Waals surface area contributed by atoms with E-state index in [0.717, 1.165) is 47.6 Å². The van der Waals surface area contributed by atoms with Gasteiger partial charge in [-0.3, -0.25) is 9.69 Å². The summed E-state index contributed by atoms with van der Waals surface area (Å²) >= 11 is 1.41.